The Balaban J connectivity index is 1.43. The van der Waals surface area contributed by atoms with Gasteiger partial charge in [-0.15, -0.1) is 11.8 Å². The van der Waals surface area contributed by atoms with Gasteiger partial charge in [-0.1, -0.05) is 54.1 Å². The molecule has 0 fully saturated rings. The van der Waals surface area contributed by atoms with Crippen LogP contribution in [0.1, 0.15) is 21.5 Å². The quantitative estimate of drug-likeness (QED) is 0.135. The van der Waals surface area contributed by atoms with Crippen molar-refractivity contribution in [3.8, 4) is 0 Å². The van der Waals surface area contributed by atoms with Crippen LogP contribution in [0.2, 0.25) is 5.02 Å². The molecule has 0 heterocycles. The van der Waals surface area contributed by atoms with Gasteiger partial charge >= 0.3 is 6.18 Å². The van der Waals surface area contributed by atoms with Crippen LogP contribution in [0.3, 0.4) is 0 Å². The van der Waals surface area contributed by atoms with Crippen LogP contribution in [0.5, 0.6) is 0 Å². The molecule has 0 aliphatic carbocycles. The molecule has 0 atom stereocenters. The molecule has 0 spiro atoms. The highest BCUT2D eigenvalue weighted by Crippen LogP contribution is 2.31. The fourth-order valence-electron chi connectivity index (χ4n) is 3.69. The van der Waals surface area contributed by atoms with Crippen molar-refractivity contribution in [3.63, 3.8) is 0 Å². The molecule has 4 aromatic carbocycles. The summed E-state index contributed by atoms with van der Waals surface area (Å²) in [6.07, 6.45) is -3.02. The highest BCUT2D eigenvalue weighted by molar-refractivity contribution is 8.00. The molecule has 0 unspecified atom stereocenters. The van der Waals surface area contributed by atoms with Crippen LogP contribution in [0, 0.1) is 0 Å². The maximum atomic E-state index is 13.3. The first-order chi connectivity index (χ1) is 20.1. The molecule has 0 radical (unpaired) electrons. The summed E-state index contributed by atoms with van der Waals surface area (Å²) in [5.41, 5.74) is 0.508. The average Bonchev–Trinajstić information content (AvgIpc) is 2.96. The number of alkyl halides is 3. The number of carbonyl (C=O) groups is 3. The predicted molar refractivity (Wildman–Crippen MR) is 159 cm³/mol. The van der Waals surface area contributed by atoms with Crippen molar-refractivity contribution in [2.24, 2.45) is 0 Å². The molecule has 0 bridgehead atoms. The lowest BCUT2D eigenvalue weighted by Crippen LogP contribution is -2.30. The molecule has 4 aromatic rings. The zero-order chi connectivity index (χ0) is 30.1. The zero-order valence-corrected chi connectivity index (χ0v) is 23.3. The van der Waals surface area contributed by atoms with Crippen molar-refractivity contribution in [2.45, 2.75) is 11.1 Å². The first-order valence-electron chi connectivity index (χ1n) is 12.4. The van der Waals surface area contributed by atoms with E-state index in [0.717, 1.165) is 23.9 Å². The standard InChI is InChI=1S/C31H23ClF3N3O3S/c32-23-11-4-7-20(15-23)16-27(38-29(40)21-8-2-1-3-9-21)30(41)37-25-13-6-14-26(18-25)42-19-28(39)36-24-12-5-10-22(17-24)31(33,34)35/h1-18H,19H2,(H,36,39)(H,37,41)(H,38,40)/b27-16-. The van der Waals surface area contributed by atoms with Crippen LogP contribution in [0.25, 0.3) is 6.08 Å². The number of benzene rings is 4. The van der Waals surface area contributed by atoms with Gasteiger partial charge in [-0.05, 0) is 72.3 Å². The van der Waals surface area contributed by atoms with Crippen molar-refractivity contribution < 1.29 is 27.6 Å². The van der Waals surface area contributed by atoms with Gasteiger partial charge in [0, 0.05) is 26.9 Å². The van der Waals surface area contributed by atoms with Gasteiger partial charge in [-0.2, -0.15) is 13.2 Å². The van der Waals surface area contributed by atoms with Gasteiger partial charge in [0.1, 0.15) is 5.70 Å². The topological polar surface area (TPSA) is 87.3 Å². The lowest BCUT2D eigenvalue weighted by molar-refractivity contribution is -0.137. The Bertz CT molecular complexity index is 1630. The normalized spacial score (nSPS) is 11.5. The zero-order valence-electron chi connectivity index (χ0n) is 21.7. The number of amides is 3. The van der Waals surface area contributed by atoms with Crippen molar-refractivity contribution in [1.82, 2.24) is 5.32 Å². The molecule has 42 heavy (non-hydrogen) atoms. The Labute approximate surface area is 249 Å². The van der Waals surface area contributed by atoms with Crippen LogP contribution in [0.15, 0.2) is 114 Å². The summed E-state index contributed by atoms with van der Waals surface area (Å²) < 4.78 is 38.8. The number of rotatable bonds is 9. The number of anilines is 2. The summed E-state index contributed by atoms with van der Waals surface area (Å²) in [5.74, 6) is -1.65. The van der Waals surface area contributed by atoms with E-state index in [1.165, 1.54) is 18.2 Å². The molecule has 0 aliphatic heterocycles. The molecule has 3 amide bonds. The van der Waals surface area contributed by atoms with Crippen molar-refractivity contribution >= 4 is 58.5 Å². The lowest BCUT2D eigenvalue weighted by Gasteiger charge is -2.12. The van der Waals surface area contributed by atoms with E-state index in [-0.39, 0.29) is 17.1 Å². The SMILES string of the molecule is O=C(CSc1cccc(NC(=O)/C(=C/c2cccc(Cl)c2)NC(=O)c2ccccc2)c1)Nc1cccc(C(F)(F)F)c1. The van der Waals surface area contributed by atoms with Crippen molar-refractivity contribution in [3.05, 3.63) is 131 Å². The Kier molecular flexibility index (Phi) is 10.1. The number of nitrogens with one attached hydrogen (secondary N) is 3. The number of hydrogen-bond acceptors (Lipinski definition) is 4. The van der Waals surface area contributed by atoms with E-state index >= 15 is 0 Å². The van der Waals surface area contributed by atoms with Gasteiger partial charge in [0.2, 0.25) is 5.91 Å². The van der Waals surface area contributed by atoms with E-state index < -0.39 is 29.5 Å². The number of carbonyl (C=O) groups excluding carboxylic acids is 3. The molecular weight excluding hydrogens is 587 g/mol. The Morgan fingerprint density at radius 3 is 2.19 bits per heavy atom. The first kappa shape index (κ1) is 30.4. The molecule has 214 valence electrons. The van der Waals surface area contributed by atoms with Crippen LogP contribution in [-0.4, -0.2) is 23.5 Å². The molecule has 3 N–H and O–H groups in total. The summed E-state index contributed by atoms with van der Waals surface area (Å²) in [6.45, 7) is 0. The minimum Gasteiger partial charge on any atom is -0.325 e. The fraction of sp³-hybridized carbons (Fsp3) is 0.0645. The second kappa shape index (κ2) is 13.9. The summed E-state index contributed by atoms with van der Waals surface area (Å²) in [4.78, 5) is 39.1. The largest absolute Gasteiger partial charge is 0.416 e. The second-order valence-electron chi connectivity index (χ2n) is 8.83. The van der Waals surface area contributed by atoms with Crippen LogP contribution < -0.4 is 16.0 Å². The second-order valence-corrected chi connectivity index (χ2v) is 10.3. The highest BCUT2D eigenvalue weighted by Gasteiger charge is 2.30. The lowest BCUT2D eigenvalue weighted by atomic mass is 10.1. The smallest absolute Gasteiger partial charge is 0.325 e. The molecular formula is C31H23ClF3N3O3S. The van der Waals surface area contributed by atoms with E-state index in [0.29, 0.717) is 26.7 Å². The van der Waals surface area contributed by atoms with E-state index in [1.807, 2.05) is 0 Å². The number of hydrogen-bond donors (Lipinski definition) is 3. The molecule has 0 aromatic heterocycles. The molecule has 0 saturated carbocycles. The van der Waals surface area contributed by atoms with Gasteiger partial charge in [-0.25, -0.2) is 0 Å². The summed E-state index contributed by atoms with van der Waals surface area (Å²) in [7, 11) is 0. The predicted octanol–water partition coefficient (Wildman–Crippen LogP) is 7.50. The third-order valence-electron chi connectivity index (χ3n) is 5.62. The Hall–Kier alpha value is -4.54. The number of halogens is 4. The maximum Gasteiger partial charge on any atom is 0.416 e. The average molecular weight is 610 g/mol. The fourth-order valence-corrected chi connectivity index (χ4v) is 4.64. The highest BCUT2D eigenvalue weighted by atomic mass is 35.5. The molecule has 0 aliphatic rings. The van der Waals surface area contributed by atoms with Crippen LogP contribution in [-0.2, 0) is 15.8 Å². The van der Waals surface area contributed by atoms with Gasteiger partial charge in [-0.3, -0.25) is 14.4 Å². The van der Waals surface area contributed by atoms with E-state index in [9.17, 15) is 27.6 Å². The third-order valence-corrected chi connectivity index (χ3v) is 6.85. The van der Waals surface area contributed by atoms with Gasteiger partial charge in [0.25, 0.3) is 11.8 Å². The van der Waals surface area contributed by atoms with E-state index in [1.54, 1.807) is 78.9 Å². The maximum absolute atomic E-state index is 13.3. The number of thioether (sulfide) groups is 1. The van der Waals surface area contributed by atoms with Crippen LogP contribution >= 0.6 is 23.4 Å². The third kappa shape index (κ3) is 8.98. The molecule has 11 heteroatoms. The van der Waals surface area contributed by atoms with E-state index in [2.05, 4.69) is 16.0 Å². The summed E-state index contributed by atoms with van der Waals surface area (Å²) >= 11 is 7.22. The molecule has 4 rings (SSSR count). The molecule has 6 nitrogen and oxygen atoms in total. The summed E-state index contributed by atoms with van der Waals surface area (Å²) in [6, 6.07) is 26.2. The monoisotopic (exact) mass is 609 g/mol. The van der Waals surface area contributed by atoms with Crippen LogP contribution in [0.4, 0.5) is 24.5 Å². The van der Waals surface area contributed by atoms with Gasteiger partial charge < -0.3 is 16.0 Å². The minimum atomic E-state index is -4.52. The molecule has 0 saturated heterocycles. The minimum absolute atomic E-state index is 0.0235. The van der Waals surface area contributed by atoms with Gasteiger partial charge in [0.15, 0.2) is 0 Å². The summed E-state index contributed by atoms with van der Waals surface area (Å²) in [5, 5.41) is 8.31. The Morgan fingerprint density at radius 1 is 0.786 bits per heavy atom. The van der Waals surface area contributed by atoms with Crippen molar-refractivity contribution in [2.75, 3.05) is 16.4 Å². The van der Waals surface area contributed by atoms with Crippen molar-refractivity contribution in [1.29, 1.82) is 0 Å². The Morgan fingerprint density at radius 2 is 1.48 bits per heavy atom. The van der Waals surface area contributed by atoms with Gasteiger partial charge in [0.05, 0.1) is 11.3 Å². The van der Waals surface area contributed by atoms with E-state index in [4.69, 9.17) is 11.6 Å². The first-order valence-corrected chi connectivity index (χ1v) is 13.8.